The van der Waals surface area contributed by atoms with Gasteiger partial charge in [0.05, 0.1) is 12.4 Å². The van der Waals surface area contributed by atoms with Gasteiger partial charge < -0.3 is 9.99 Å². The lowest BCUT2D eigenvalue weighted by atomic mass is 10.3. The van der Waals surface area contributed by atoms with Crippen molar-refractivity contribution in [3.05, 3.63) is 12.3 Å². The van der Waals surface area contributed by atoms with Crippen LogP contribution in [0.3, 0.4) is 0 Å². The molecule has 0 fully saturated rings. The average molecular weight is 229 g/mol. The molecular formula is C7H11F2O4S-. The predicted molar refractivity (Wildman–Crippen MR) is 44.7 cm³/mol. The van der Waals surface area contributed by atoms with Gasteiger partial charge in [-0.2, -0.15) is 13.1 Å². The van der Waals surface area contributed by atoms with Gasteiger partial charge in [0.25, 0.3) is 0 Å². The Balaban J connectivity index is 3.49. The van der Waals surface area contributed by atoms with Crippen molar-refractivity contribution in [3.8, 4) is 0 Å². The van der Waals surface area contributed by atoms with Crippen molar-refractivity contribution in [2.24, 2.45) is 0 Å². The van der Waals surface area contributed by atoms with Gasteiger partial charge in [0.15, 0.2) is 0 Å². The van der Waals surface area contributed by atoms with E-state index in [1.54, 1.807) is 6.92 Å². The summed E-state index contributed by atoms with van der Waals surface area (Å²) in [6.45, 7) is 5.22. The van der Waals surface area contributed by atoms with E-state index in [9.17, 15) is 14.0 Å². The number of alkyl halides is 2. The Kier molecular flexibility index (Phi) is 6.81. The predicted octanol–water partition coefficient (Wildman–Crippen LogP) is 1.78. The summed E-state index contributed by atoms with van der Waals surface area (Å²) in [6, 6.07) is 0. The maximum atomic E-state index is 12.7. The molecule has 0 aromatic heterocycles. The van der Waals surface area contributed by atoms with E-state index in [1.807, 2.05) is 0 Å². The van der Waals surface area contributed by atoms with Crippen LogP contribution in [0.25, 0.3) is 0 Å². The third-order valence-electron chi connectivity index (χ3n) is 1.14. The molecule has 0 aliphatic rings. The number of rotatable bonds is 8. The number of allylic oxidation sites excluding steroid dienone is 1. The minimum Gasteiger partial charge on any atom is -0.691 e. The lowest BCUT2D eigenvalue weighted by Crippen LogP contribution is -2.14. The van der Waals surface area contributed by atoms with E-state index in [0.29, 0.717) is 5.76 Å². The second kappa shape index (κ2) is 6.99. The third-order valence-corrected chi connectivity index (χ3v) is 1.72. The monoisotopic (exact) mass is 229 g/mol. The molecule has 0 spiro atoms. The van der Waals surface area contributed by atoms with Crippen LogP contribution in [0.2, 0.25) is 0 Å². The summed E-state index contributed by atoms with van der Waals surface area (Å²) in [7, 11) is 0. The molecule has 7 heteroatoms. The first-order valence-corrected chi connectivity index (χ1v) is 4.52. The molecule has 0 heterocycles. The molecule has 0 saturated heterocycles. The smallest absolute Gasteiger partial charge is 0.320 e. The summed E-state index contributed by atoms with van der Waals surface area (Å²) in [5.41, 5.74) is 0. The van der Waals surface area contributed by atoms with E-state index in [1.165, 1.54) is 0 Å². The number of hydrogen-bond acceptors (Lipinski definition) is 5. The molecule has 0 bridgehead atoms. The summed E-state index contributed by atoms with van der Waals surface area (Å²) in [5, 5.41) is 8.94. The molecule has 4 nitrogen and oxygen atoms in total. The maximum absolute atomic E-state index is 12.7. The van der Waals surface area contributed by atoms with Crippen molar-refractivity contribution in [2.75, 3.05) is 6.61 Å². The SMILES string of the molecule is C=C(C)OCCCC(F)(F)SOO[O-]. The van der Waals surface area contributed by atoms with Crippen molar-refractivity contribution in [1.29, 1.82) is 0 Å². The number of ether oxygens (including phenoxy) is 1. The summed E-state index contributed by atoms with van der Waals surface area (Å²) < 4.78 is 33.8. The van der Waals surface area contributed by atoms with Crippen molar-refractivity contribution >= 4 is 12.0 Å². The van der Waals surface area contributed by atoms with Crippen molar-refractivity contribution < 1.29 is 28.1 Å². The highest BCUT2D eigenvalue weighted by Gasteiger charge is 2.30. The van der Waals surface area contributed by atoms with Gasteiger partial charge >= 0.3 is 5.25 Å². The molecule has 84 valence electrons. The fraction of sp³-hybridized carbons (Fsp3) is 0.714. The highest BCUT2D eigenvalue weighted by molar-refractivity contribution is 7.95. The van der Waals surface area contributed by atoms with Crippen LogP contribution >= 0.6 is 12.0 Å². The molecule has 0 atom stereocenters. The fourth-order valence-corrected chi connectivity index (χ4v) is 0.985. The van der Waals surface area contributed by atoms with Crippen LogP contribution in [-0.2, 0) is 14.1 Å². The Labute approximate surface area is 84.9 Å². The molecule has 0 unspecified atom stereocenters. The van der Waals surface area contributed by atoms with Crippen molar-refractivity contribution in [2.45, 2.75) is 25.0 Å². The number of halogens is 2. The average Bonchev–Trinajstić information content (AvgIpc) is 2.09. The van der Waals surface area contributed by atoms with Gasteiger partial charge in [-0.3, -0.25) is 5.04 Å². The third kappa shape index (κ3) is 8.24. The van der Waals surface area contributed by atoms with E-state index in [0.717, 1.165) is 0 Å². The Bertz CT molecular complexity index is 177. The molecule has 0 N–H and O–H groups in total. The molecule has 0 saturated carbocycles. The minimum absolute atomic E-state index is 0.134. The maximum Gasteiger partial charge on any atom is 0.320 e. The van der Waals surface area contributed by atoms with Crippen LogP contribution in [-0.4, -0.2) is 11.9 Å². The lowest BCUT2D eigenvalue weighted by Gasteiger charge is -2.14. The summed E-state index contributed by atoms with van der Waals surface area (Å²) in [5.74, 6) is 0.472. The van der Waals surface area contributed by atoms with Crippen LogP contribution in [0, 0.1) is 0 Å². The Morgan fingerprint density at radius 2 is 2.21 bits per heavy atom. The molecule has 0 radical (unpaired) electrons. The second-order valence-corrected chi connectivity index (χ2v) is 3.41. The van der Waals surface area contributed by atoms with Crippen LogP contribution in [0.1, 0.15) is 19.8 Å². The normalized spacial score (nSPS) is 11.4. The topological polar surface area (TPSA) is 50.8 Å². The van der Waals surface area contributed by atoms with Crippen LogP contribution < -0.4 is 5.26 Å². The molecule has 0 aliphatic carbocycles. The van der Waals surface area contributed by atoms with Gasteiger partial charge in [-0.25, -0.2) is 0 Å². The number of hydrogen-bond donors (Lipinski definition) is 0. The van der Waals surface area contributed by atoms with Gasteiger partial charge in [-0.1, -0.05) is 6.58 Å². The van der Waals surface area contributed by atoms with Gasteiger partial charge in [0, 0.05) is 6.42 Å². The van der Waals surface area contributed by atoms with Crippen LogP contribution in [0.5, 0.6) is 0 Å². The van der Waals surface area contributed by atoms with E-state index in [2.05, 4.69) is 16.0 Å². The van der Waals surface area contributed by atoms with Crippen LogP contribution in [0.4, 0.5) is 8.78 Å². The molecule has 0 amide bonds. The highest BCUT2D eigenvalue weighted by atomic mass is 32.2. The van der Waals surface area contributed by atoms with E-state index in [-0.39, 0.29) is 25.1 Å². The standard InChI is InChI=1S/C7H12F2O4S/c1-6(2)11-5-3-4-7(8,9)14-13-12-10/h10H,1,3-5H2,2H3/p-1. The molecule has 0 rings (SSSR count). The van der Waals surface area contributed by atoms with Gasteiger partial charge in [-0.15, -0.1) is 0 Å². The Morgan fingerprint density at radius 1 is 1.57 bits per heavy atom. The van der Waals surface area contributed by atoms with E-state index >= 15 is 0 Å². The quantitative estimate of drug-likeness (QED) is 0.209. The van der Waals surface area contributed by atoms with Gasteiger partial charge in [0.1, 0.15) is 12.0 Å². The molecule has 0 aromatic carbocycles. The Morgan fingerprint density at radius 3 is 2.71 bits per heavy atom. The zero-order valence-corrected chi connectivity index (χ0v) is 8.44. The largest absolute Gasteiger partial charge is 0.691 e. The zero-order chi connectivity index (χ0) is 11.0. The highest BCUT2D eigenvalue weighted by Crippen LogP contribution is 2.34. The molecule has 14 heavy (non-hydrogen) atoms. The zero-order valence-electron chi connectivity index (χ0n) is 7.63. The first-order valence-electron chi connectivity index (χ1n) is 3.78. The first-order chi connectivity index (χ1) is 6.48. The second-order valence-electron chi connectivity index (χ2n) is 2.51. The fourth-order valence-electron chi connectivity index (χ4n) is 0.630. The molecule has 0 aliphatic heterocycles. The summed E-state index contributed by atoms with van der Waals surface area (Å²) in [6.07, 6.45) is -0.330. The minimum atomic E-state index is -3.15. The van der Waals surface area contributed by atoms with Crippen molar-refractivity contribution in [1.82, 2.24) is 0 Å². The van der Waals surface area contributed by atoms with Crippen molar-refractivity contribution in [3.63, 3.8) is 0 Å². The Hall–Kier alpha value is -0.370. The van der Waals surface area contributed by atoms with Crippen LogP contribution in [0.15, 0.2) is 12.3 Å². The first kappa shape index (κ1) is 13.6. The van der Waals surface area contributed by atoms with E-state index < -0.39 is 11.7 Å². The lowest BCUT2D eigenvalue weighted by molar-refractivity contribution is -0.777. The van der Waals surface area contributed by atoms with Gasteiger partial charge in [-0.05, 0) is 13.3 Å². The molecule has 0 aromatic rings. The summed E-state index contributed by atoms with van der Waals surface area (Å²) >= 11 is -0.308. The molecular weight excluding hydrogens is 218 g/mol. The van der Waals surface area contributed by atoms with E-state index in [4.69, 9.17) is 4.74 Å². The summed E-state index contributed by atoms with van der Waals surface area (Å²) in [4.78, 5) is 0. The van der Waals surface area contributed by atoms with Gasteiger partial charge in [0.2, 0.25) is 0 Å².